The van der Waals surface area contributed by atoms with Crippen LogP contribution in [-0.4, -0.2) is 13.0 Å². The SMILES string of the molecule is COc1cc(Cl)c(C(N)CCCCC(N)=O)cc1Cl. The van der Waals surface area contributed by atoms with Gasteiger partial charge < -0.3 is 16.2 Å². The van der Waals surface area contributed by atoms with E-state index in [2.05, 4.69) is 0 Å². The number of hydrogen-bond acceptors (Lipinski definition) is 3. The maximum absolute atomic E-state index is 10.6. The van der Waals surface area contributed by atoms with Crippen LogP contribution in [0.1, 0.15) is 37.3 Å². The standard InChI is InChI=1S/C13H18Cl2N2O2/c1-19-12-7-9(14)8(6-10(12)15)11(16)4-2-3-5-13(17)18/h6-7,11H,2-5,16H2,1H3,(H2,17,18). The number of unbranched alkanes of at least 4 members (excludes halogenated alkanes) is 1. The molecule has 0 bridgehead atoms. The van der Waals surface area contributed by atoms with Crippen LogP contribution >= 0.6 is 23.2 Å². The Kier molecular flexibility index (Phi) is 6.42. The van der Waals surface area contributed by atoms with E-state index in [9.17, 15) is 4.79 Å². The number of carbonyl (C=O) groups excluding carboxylic acids is 1. The molecule has 1 aromatic carbocycles. The van der Waals surface area contributed by atoms with Crippen LogP contribution in [-0.2, 0) is 4.79 Å². The average molecular weight is 305 g/mol. The molecule has 0 aliphatic rings. The van der Waals surface area contributed by atoms with E-state index < -0.39 is 0 Å². The Balaban J connectivity index is 2.64. The predicted octanol–water partition coefficient (Wildman–Crippen LogP) is 3.05. The molecule has 1 aromatic rings. The molecule has 4 nitrogen and oxygen atoms in total. The first kappa shape index (κ1) is 16.1. The van der Waals surface area contributed by atoms with Crippen molar-refractivity contribution in [2.75, 3.05) is 7.11 Å². The fourth-order valence-corrected chi connectivity index (χ4v) is 2.35. The van der Waals surface area contributed by atoms with Crippen molar-refractivity contribution >= 4 is 29.1 Å². The smallest absolute Gasteiger partial charge is 0.217 e. The highest BCUT2D eigenvalue weighted by Crippen LogP contribution is 2.34. The van der Waals surface area contributed by atoms with Crippen LogP contribution in [0.3, 0.4) is 0 Å². The Morgan fingerprint density at radius 1 is 1.32 bits per heavy atom. The molecule has 19 heavy (non-hydrogen) atoms. The van der Waals surface area contributed by atoms with Gasteiger partial charge in [-0.05, 0) is 24.5 Å². The van der Waals surface area contributed by atoms with Crippen LogP contribution in [0.15, 0.2) is 12.1 Å². The monoisotopic (exact) mass is 304 g/mol. The van der Waals surface area contributed by atoms with Crippen molar-refractivity contribution in [1.82, 2.24) is 0 Å². The van der Waals surface area contributed by atoms with Gasteiger partial charge in [-0.25, -0.2) is 0 Å². The maximum atomic E-state index is 10.6. The topological polar surface area (TPSA) is 78.3 Å². The van der Waals surface area contributed by atoms with E-state index in [1.54, 1.807) is 12.1 Å². The molecule has 0 radical (unpaired) electrons. The van der Waals surface area contributed by atoms with Gasteiger partial charge in [0.1, 0.15) is 5.75 Å². The third-order valence-corrected chi connectivity index (χ3v) is 3.48. The largest absolute Gasteiger partial charge is 0.495 e. The molecule has 4 N–H and O–H groups in total. The third kappa shape index (κ3) is 4.90. The number of amides is 1. The van der Waals surface area contributed by atoms with Crippen LogP contribution in [0.4, 0.5) is 0 Å². The summed E-state index contributed by atoms with van der Waals surface area (Å²) < 4.78 is 5.08. The molecule has 1 atom stereocenters. The van der Waals surface area contributed by atoms with E-state index in [1.165, 1.54) is 7.11 Å². The molecule has 1 unspecified atom stereocenters. The van der Waals surface area contributed by atoms with Gasteiger partial charge in [0.05, 0.1) is 12.1 Å². The first-order valence-corrected chi connectivity index (χ1v) is 6.78. The summed E-state index contributed by atoms with van der Waals surface area (Å²) in [7, 11) is 1.53. The molecular weight excluding hydrogens is 287 g/mol. The Bertz CT molecular complexity index is 453. The zero-order chi connectivity index (χ0) is 14.4. The lowest BCUT2D eigenvalue weighted by atomic mass is 10.0. The van der Waals surface area contributed by atoms with Gasteiger partial charge in [-0.2, -0.15) is 0 Å². The molecule has 6 heteroatoms. The van der Waals surface area contributed by atoms with Gasteiger partial charge in [0.25, 0.3) is 0 Å². The van der Waals surface area contributed by atoms with E-state index >= 15 is 0 Å². The molecule has 1 rings (SSSR count). The highest BCUT2D eigenvalue weighted by molar-refractivity contribution is 6.34. The van der Waals surface area contributed by atoms with Crippen molar-refractivity contribution in [3.05, 3.63) is 27.7 Å². The zero-order valence-corrected chi connectivity index (χ0v) is 12.3. The molecule has 0 saturated heterocycles. The molecule has 0 aromatic heterocycles. The van der Waals surface area contributed by atoms with E-state index in [-0.39, 0.29) is 11.9 Å². The number of carbonyl (C=O) groups is 1. The number of rotatable bonds is 7. The first-order valence-electron chi connectivity index (χ1n) is 6.02. The number of ether oxygens (including phenoxy) is 1. The van der Waals surface area contributed by atoms with Crippen molar-refractivity contribution in [2.24, 2.45) is 11.5 Å². The third-order valence-electron chi connectivity index (χ3n) is 2.86. The van der Waals surface area contributed by atoms with Crippen molar-refractivity contribution in [1.29, 1.82) is 0 Å². The highest BCUT2D eigenvalue weighted by Gasteiger charge is 2.14. The fourth-order valence-electron chi connectivity index (χ4n) is 1.80. The lowest BCUT2D eigenvalue weighted by molar-refractivity contribution is -0.118. The van der Waals surface area contributed by atoms with Gasteiger partial charge >= 0.3 is 0 Å². The summed E-state index contributed by atoms with van der Waals surface area (Å²) >= 11 is 12.2. The number of hydrogen-bond donors (Lipinski definition) is 2. The molecule has 0 heterocycles. The molecule has 0 saturated carbocycles. The van der Waals surface area contributed by atoms with Gasteiger partial charge in [0.2, 0.25) is 5.91 Å². The Morgan fingerprint density at radius 3 is 2.58 bits per heavy atom. The number of primary amides is 1. The summed E-state index contributed by atoms with van der Waals surface area (Å²) in [6, 6.07) is 3.16. The molecule has 0 aliphatic carbocycles. The van der Waals surface area contributed by atoms with Crippen LogP contribution < -0.4 is 16.2 Å². The van der Waals surface area contributed by atoms with Crippen molar-refractivity contribution < 1.29 is 9.53 Å². The Labute approximate surface area is 123 Å². The Morgan fingerprint density at radius 2 is 2.00 bits per heavy atom. The summed E-state index contributed by atoms with van der Waals surface area (Å²) in [4.78, 5) is 10.6. The average Bonchev–Trinajstić information content (AvgIpc) is 2.36. The normalized spacial score (nSPS) is 12.2. The lowest BCUT2D eigenvalue weighted by Gasteiger charge is -2.15. The van der Waals surface area contributed by atoms with Gasteiger partial charge in [0.15, 0.2) is 0 Å². The Hall–Kier alpha value is -0.970. The second kappa shape index (κ2) is 7.58. The number of benzene rings is 1. The van der Waals surface area contributed by atoms with Crippen LogP contribution in [0, 0.1) is 0 Å². The molecule has 0 spiro atoms. The molecule has 1 amide bonds. The second-order valence-corrected chi connectivity index (χ2v) is 5.14. The van der Waals surface area contributed by atoms with E-state index in [1.807, 2.05) is 0 Å². The fraction of sp³-hybridized carbons (Fsp3) is 0.462. The van der Waals surface area contributed by atoms with Crippen LogP contribution in [0.25, 0.3) is 0 Å². The van der Waals surface area contributed by atoms with Gasteiger partial charge in [0, 0.05) is 23.6 Å². The summed E-state index contributed by atoms with van der Waals surface area (Å²) in [6.45, 7) is 0. The minimum absolute atomic E-state index is 0.219. The van der Waals surface area contributed by atoms with E-state index in [4.69, 9.17) is 39.4 Å². The van der Waals surface area contributed by atoms with E-state index in [0.29, 0.717) is 22.2 Å². The quantitative estimate of drug-likeness (QED) is 0.760. The summed E-state index contributed by atoms with van der Waals surface area (Å²) in [5, 5.41) is 1.01. The maximum Gasteiger partial charge on any atom is 0.217 e. The molecular formula is C13H18Cl2N2O2. The summed E-state index contributed by atoms with van der Waals surface area (Å²) in [5.41, 5.74) is 11.9. The number of halogens is 2. The number of methoxy groups -OCH3 is 1. The van der Waals surface area contributed by atoms with Crippen molar-refractivity contribution in [3.63, 3.8) is 0 Å². The summed E-state index contributed by atoms with van der Waals surface area (Å²) in [6.07, 6.45) is 2.63. The van der Waals surface area contributed by atoms with Crippen LogP contribution in [0.5, 0.6) is 5.75 Å². The molecule has 0 fully saturated rings. The van der Waals surface area contributed by atoms with E-state index in [0.717, 1.165) is 24.8 Å². The van der Waals surface area contributed by atoms with Gasteiger partial charge in [-0.15, -0.1) is 0 Å². The summed E-state index contributed by atoms with van der Waals surface area (Å²) in [5.74, 6) is 0.232. The highest BCUT2D eigenvalue weighted by atomic mass is 35.5. The van der Waals surface area contributed by atoms with Crippen molar-refractivity contribution in [3.8, 4) is 5.75 Å². The van der Waals surface area contributed by atoms with Gasteiger partial charge in [-0.1, -0.05) is 29.6 Å². The zero-order valence-electron chi connectivity index (χ0n) is 10.8. The molecule has 106 valence electrons. The molecule has 0 aliphatic heterocycles. The van der Waals surface area contributed by atoms with Crippen molar-refractivity contribution in [2.45, 2.75) is 31.7 Å². The second-order valence-electron chi connectivity index (χ2n) is 4.33. The minimum Gasteiger partial charge on any atom is -0.495 e. The predicted molar refractivity (Wildman–Crippen MR) is 77.6 cm³/mol. The number of nitrogens with two attached hydrogens (primary N) is 2. The van der Waals surface area contributed by atoms with Gasteiger partial charge in [-0.3, -0.25) is 4.79 Å². The van der Waals surface area contributed by atoms with Crippen LogP contribution in [0.2, 0.25) is 10.0 Å². The first-order chi connectivity index (χ1) is 8.95. The lowest BCUT2D eigenvalue weighted by Crippen LogP contribution is -2.13. The minimum atomic E-state index is -0.293.